The van der Waals surface area contributed by atoms with Crippen LogP contribution >= 0.6 is 0 Å². The number of carbonyl (C=O) groups is 1. The molecule has 98 valence electrons. The van der Waals surface area contributed by atoms with Gasteiger partial charge in [0.15, 0.2) is 5.69 Å². The van der Waals surface area contributed by atoms with Gasteiger partial charge in [-0.3, -0.25) is 4.79 Å². The van der Waals surface area contributed by atoms with Gasteiger partial charge in [0.05, 0.1) is 6.04 Å². The van der Waals surface area contributed by atoms with E-state index < -0.39 is 0 Å². The molecule has 0 bridgehead atoms. The number of hydrogen-bond acceptors (Lipinski definition) is 4. The molecule has 1 saturated carbocycles. The van der Waals surface area contributed by atoms with Gasteiger partial charge in [0.1, 0.15) is 6.26 Å². The van der Waals surface area contributed by atoms with Crippen molar-refractivity contribution in [3.8, 4) is 0 Å². The van der Waals surface area contributed by atoms with Crippen LogP contribution in [0.25, 0.3) is 0 Å². The van der Waals surface area contributed by atoms with Crippen LogP contribution in [-0.4, -0.2) is 23.5 Å². The van der Waals surface area contributed by atoms with Crippen LogP contribution in [0.15, 0.2) is 10.7 Å². The van der Waals surface area contributed by atoms with Crippen molar-refractivity contribution in [1.82, 2.24) is 15.6 Å². The molecule has 1 aliphatic heterocycles. The summed E-state index contributed by atoms with van der Waals surface area (Å²) in [5.74, 6) is 0.541. The van der Waals surface area contributed by atoms with E-state index in [1.165, 1.54) is 19.1 Å². The quantitative estimate of drug-likeness (QED) is 0.856. The maximum absolute atomic E-state index is 12.0. The Morgan fingerprint density at radius 3 is 2.89 bits per heavy atom. The monoisotopic (exact) mass is 249 g/mol. The maximum atomic E-state index is 12.0. The standard InChI is InChI=1S/C13H19N3O2/c17-12(15-9-4-1-2-5-9)11-8-18-13(16-11)10-6-3-7-14-10/h8-10,14H,1-7H2,(H,15,17). The van der Waals surface area contributed by atoms with Crippen molar-refractivity contribution < 1.29 is 9.21 Å². The van der Waals surface area contributed by atoms with Gasteiger partial charge in [0, 0.05) is 6.04 Å². The molecule has 0 radical (unpaired) electrons. The first-order valence-corrected chi connectivity index (χ1v) is 6.82. The fourth-order valence-corrected chi connectivity index (χ4v) is 2.78. The highest BCUT2D eigenvalue weighted by Crippen LogP contribution is 2.22. The Morgan fingerprint density at radius 1 is 1.33 bits per heavy atom. The number of nitrogens with zero attached hydrogens (tertiary/aromatic N) is 1. The van der Waals surface area contributed by atoms with Crippen LogP contribution in [0.1, 0.15) is 60.9 Å². The van der Waals surface area contributed by atoms with Crippen LogP contribution in [-0.2, 0) is 0 Å². The fourth-order valence-electron chi connectivity index (χ4n) is 2.78. The normalized spacial score (nSPS) is 24.6. The number of nitrogens with one attached hydrogen (secondary N) is 2. The van der Waals surface area contributed by atoms with Crippen LogP contribution in [0, 0.1) is 0 Å². The van der Waals surface area contributed by atoms with Crippen molar-refractivity contribution in [1.29, 1.82) is 0 Å². The summed E-state index contributed by atoms with van der Waals surface area (Å²) < 4.78 is 5.40. The third-order valence-corrected chi connectivity index (χ3v) is 3.80. The van der Waals surface area contributed by atoms with Gasteiger partial charge in [-0.15, -0.1) is 0 Å². The lowest BCUT2D eigenvalue weighted by Crippen LogP contribution is -2.32. The molecule has 2 aliphatic rings. The Bertz CT molecular complexity index is 418. The summed E-state index contributed by atoms with van der Waals surface area (Å²) in [7, 11) is 0. The van der Waals surface area contributed by atoms with Crippen molar-refractivity contribution in [2.75, 3.05) is 6.54 Å². The number of aromatic nitrogens is 1. The molecule has 5 nitrogen and oxygen atoms in total. The molecular formula is C13H19N3O2. The minimum atomic E-state index is -0.102. The van der Waals surface area contributed by atoms with Crippen molar-refractivity contribution in [2.45, 2.75) is 50.6 Å². The fraction of sp³-hybridized carbons (Fsp3) is 0.692. The van der Waals surface area contributed by atoms with E-state index in [1.807, 2.05) is 0 Å². The summed E-state index contributed by atoms with van der Waals surface area (Å²) >= 11 is 0. The summed E-state index contributed by atoms with van der Waals surface area (Å²) in [6.07, 6.45) is 8.23. The van der Waals surface area contributed by atoms with Gasteiger partial charge in [0.2, 0.25) is 5.89 Å². The molecular weight excluding hydrogens is 230 g/mol. The maximum Gasteiger partial charge on any atom is 0.273 e. The molecule has 1 atom stereocenters. The number of amides is 1. The zero-order chi connectivity index (χ0) is 12.4. The van der Waals surface area contributed by atoms with E-state index >= 15 is 0 Å². The first-order valence-electron chi connectivity index (χ1n) is 6.82. The molecule has 1 unspecified atom stereocenters. The van der Waals surface area contributed by atoms with Gasteiger partial charge in [-0.2, -0.15) is 0 Å². The molecule has 2 heterocycles. The largest absolute Gasteiger partial charge is 0.446 e. The minimum Gasteiger partial charge on any atom is -0.446 e. The van der Waals surface area contributed by atoms with Crippen molar-refractivity contribution in [3.05, 3.63) is 17.8 Å². The van der Waals surface area contributed by atoms with Gasteiger partial charge in [0.25, 0.3) is 5.91 Å². The van der Waals surface area contributed by atoms with E-state index in [9.17, 15) is 4.79 Å². The Kier molecular flexibility index (Phi) is 3.32. The molecule has 2 fully saturated rings. The van der Waals surface area contributed by atoms with Crippen LogP contribution in [0.5, 0.6) is 0 Å². The van der Waals surface area contributed by atoms with Crippen LogP contribution in [0.2, 0.25) is 0 Å². The molecule has 18 heavy (non-hydrogen) atoms. The third kappa shape index (κ3) is 2.41. The van der Waals surface area contributed by atoms with Crippen LogP contribution < -0.4 is 10.6 Å². The topological polar surface area (TPSA) is 67.2 Å². The molecule has 0 aromatic carbocycles. The van der Waals surface area contributed by atoms with Crippen LogP contribution in [0.4, 0.5) is 0 Å². The number of carbonyl (C=O) groups excluding carboxylic acids is 1. The lowest BCUT2D eigenvalue weighted by Gasteiger charge is -2.09. The van der Waals surface area contributed by atoms with Gasteiger partial charge < -0.3 is 15.1 Å². The van der Waals surface area contributed by atoms with Crippen molar-refractivity contribution in [3.63, 3.8) is 0 Å². The molecule has 5 heteroatoms. The highest BCUT2D eigenvalue weighted by Gasteiger charge is 2.24. The zero-order valence-electron chi connectivity index (χ0n) is 10.4. The van der Waals surface area contributed by atoms with E-state index in [0.29, 0.717) is 17.6 Å². The minimum absolute atomic E-state index is 0.102. The second-order valence-corrected chi connectivity index (χ2v) is 5.17. The lowest BCUT2D eigenvalue weighted by atomic mass is 10.2. The van der Waals surface area contributed by atoms with Gasteiger partial charge in [-0.25, -0.2) is 4.98 Å². The van der Waals surface area contributed by atoms with E-state index in [0.717, 1.165) is 32.2 Å². The second kappa shape index (κ2) is 5.10. The molecule has 1 saturated heterocycles. The molecule has 3 rings (SSSR count). The number of hydrogen-bond donors (Lipinski definition) is 2. The third-order valence-electron chi connectivity index (χ3n) is 3.80. The van der Waals surface area contributed by atoms with Crippen molar-refractivity contribution in [2.24, 2.45) is 0 Å². The summed E-state index contributed by atoms with van der Waals surface area (Å²) in [4.78, 5) is 16.3. The number of oxazole rings is 1. The summed E-state index contributed by atoms with van der Waals surface area (Å²) in [5, 5.41) is 6.33. The molecule has 2 N–H and O–H groups in total. The number of rotatable bonds is 3. The predicted molar refractivity (Wildman–Crippen MR) is 66.2 cm³/mol. The zero-order valence-corrected chi connectivity index (χ0v) is 10.4. The summed E-state index contributed by atoms with van der Waals surface area (Å²) in [6, 6.07) is 0.500. The molecule has 1 aliphatic carbocycles. The van der Waals surface area contributed by atoms with E-state index in [4.69, 9.17) is 4.42 Å². The smallest absolute Gasteiger partial charge is 0.273 e. The van der Waals surface area contributed by atoms with Crippen LogP contribution in [0.3, 0.4) is 0 Å². The average Bonchev–Trinajstić information content (AvgIpc) is 3.11. The summed E-state index contributed by atoms with van der Waals surface area (Å²) in [5.41, 5.74) is 0.408. The van der Waals surface area contributed by atoms with Gasteiger partial charge in [-0.1, -0.05) is 12.8 Å². The lowest BCUT2D eigenvalue weighted by molar-refractivity contribution is 0.0932. The Morgan fingerprint density at radius 2 is 2.17 bits per heavy atom. The first kappa shape index (κ1) is 11.7. The second-order valence-electron chi connectivity index (χ2n) is 5.17. The van der Waals surface area contributed by atoms with E-state index in [2.05, 4.69) is 15.6 Å². The van der Waals surface area contributed by atoms with E-state index in [-0.39, 0.29) is 11.9 Å². The Labute approximate surface area is 106 Å². The molecule has 1 aromatic heterocycles. The van der Waals surface area contributed by atoms with Gasteiger partial charge >= 0.3 is 0 Å². The highest BCUT2D eigenvalue weighted by molar-refractivity contribution is 5.92. The first-order chi connectivity index (χ1) is 8.83. The Balaban J connectivity index is 1.62. The molecule has 1 aromatic rings. The predicted octanol–water partition coefficient (Wildman–Crippen LogP) is 1.77. The van der Waals surface area contributed by atoms with Crippen molar-refractivity contribution >= 4 is 5.91 Å². The van der Waals surface area contributed by atoms with E-state index in [1.54, 1.807) is 0 Å². The summed E-state index contributed by atoms with van der Waals surface area (Å²) in [6.45, 7) is 0.997. The Hall–Kier alpha value is -1.36. The highest BCUT2D eigenvalue weighted by atomic mass is 16.3. The average molecular weight is 249 g/mol. The molecule has 1 amide bonds. The van der Waals surface area contributed by atoms with Gasteiger partial charge in [-0.05, 0) is 32.2 Å². The molecule has 0 spiro atoms. The SMILES string of the molecule is O=C(NC1CCCC1)c1coc(C2CCCN2)n1.